The average molecular weight is 481 g/mol. The maximum atomic E-state index is 13.1. The summed E-state index contributed by atoms with van der Waals surface area (Å²) in [6.07, 6.45) is 4.73. The van der Waals surface area contributed by atoms with Crippen molar-refractivity contribution >= 4 is 32.7 Å². The third-order valence-electron chi connectivity index (χ3n) is 5.24. The first-order chi connectivity index (χ1) is 15.0. The highest BCUT2D eigenvalue weighted by Crippen LogP contribution is 2.26. The van der Waals surface area contributed by atoms with Gasteiger partial charge in [-0.15, -0.1) is 0 Å². The molecule has 0 atom stereocenters. The normalized spacial score (nSPS) is 11.2. The van der Waals surface area contributed by atoms with Crippen molar-refractivity contribution in [2.45, 2.75) is 40.3 Å². The zero-order chi connectivity index (χ0) is 22.0. The van der Waals surface area contributed by atoms with Crippen LogP contribution >= 0.6 is 15.9 Å². The second kappa shape index (κ2) is 9.01. The van der Waals surface area contributed by atoms with E-state index in [0.717, 1.165) is 57.5 Å². The van der Waals surface area contributed by atoms with Gasteiger partial charge in [0.05, 0.1) is 32.6 Å². The minimum atomic E-state index is -0.0989. The van der Waals surface area contributed by atoms with E-state index in [0.29, 0.717) is 12.1 Å². The molecule has 0 aliphatic heterocycles. The smallest absolute Gasteiger partial charge is 0.252 e. The van der Waals surface area contributed by atoms with Gasteiger partial charge < -0.3 is 5.32 Å². The van der Waals surface area contributed by atoms with Crippen LogP contribution < -0.4 is 5.32 Å². The summed E-state index contributed by atoms with van der Waals surface area (Å²) in [5.41, 5.74) is 4.99. The molecule has 0 saturated carbocycles. The van der Waals surface area contributed by atoms with E-state index in [2.05, 4.69) is 31.4 Å². The van der Waals surface area contributed by atoms with Crippen molar-refractivity contribution < 1.29 is 4.79 Å². The van der Waals surface area contributed by atoms with Gasteiger partial charge >= 0.3 is 0 Å². The highest BCUT2D eigenvalue weighted by Gasteiger charge is 2.16. The number of carbonyl (C=O) groups excluding carboxylic acids is 1. The number of pyridine rings is 1. The van der Waals surface area contributed by atoms with E-state index in [1.807, 2.05) is 72.9 Å². The van der Waals surface area contributed by atoms with E-state index in [9.17, 15) is 4.79 Å². The number of para-hydroxylation sites is 1. The van der Waals surface area contributed by atoms with Gasteiger partial charge in [-0.25, -0.2) is 4.98 Å². The van der Waals surface area contributed by atoms with Crippen LogP contribution in [0.3, 0.4) is 0 Å². The summed E-state index contributed by atoms with van der Waals surface area (Å²) >= 11 is 3.47. The number of amides is 1. The Labute approximate surface area is 189 Å². The molecule has 0 fully saturated rings. The van der Waals surface area contributed by atoms with Crippen molar-refractivity contribution in [2.75, 3.05) is 6.54 Å². The Balaban J connectivity index is 1.55. The van der Waals surface area contributed by atoms with E-state index in [1.54, 1.807) is 0 Å². The van der Waals surface area contributed by atoms with Gasteiger partial charge in [-0.05, 0) is 55.3 Å². The third kappa shape index (κ3) is 4.54. The molecule has 3 aromatic heterocycles. The molecule has 0 bridgehead atoms. The molecule has 1 amide bonds. The molecule has 0 aliphatic carbocycles. The van der Waals surface area contributed by atoms with Crippen LogP contribution in [-0.2, 0) is 13.1 Å². The van der Waals surface area contributed by atoms with Gasteiger partial charge in [-0.3, -0.25) is 14.2 Å². The first-order valence-electron chi connectivity index (χ1n) is 10.4. The number of nitrogens with zero attached hydrogens (tertiary/aromatic N) is 5. The fraction of sp³-hybridized carbons (Fsp3) is 0.304. The topological polar surface area (TPSA) is 77.6 Å². The van der Waals surface area contributed by atoms with Crippen LogP contribution in [-0.4, -0.2) is 37.0 Å². The second-order valence-corrected chi connectivity index (χ2v) is 8.35. The molecule has 160 valence electrons. The summed E-state index contributed by atoms with van der Waals surface area (Å²) in [5, 5.41) is 12.8. The molecule has 0 radical (unpaired) electrons. The SMILES string of the molecule is CCn1cc(-c2cc(C(=O)NCCCn3cc(Br)c(C)n3)c3ccccc3n2)c(C)n1. The Kier molecular flexibility index (Phi) is 6.18. The summed E-state index contributed by atoms with van der Waals surface area (Å²) in [4.78, 5) is 17.9. The van der Waals surface area contributed by atoms with Crippen LogP contribution in [0.25, 0.3) is 22.2 Å². The number of hydrogen-bond donors (Lipinski definition) is 1. The number of carbonyl (C=O) groups is 1. The van der Waals surface area contributed by atoms with Crippen LogP contribution in [0.1, 0.15) is 35.1 Å². The Morgan fingerprint density at radius 2 is 1.87 bits per heavy atom. The monoisotopic (exact) mass is 480 g/mol. The van der Waals surface area contributed by atoms with Gasteiger partial charge in [0, 0.05) is 43.0 Å². The molecule has 31 heavy (non-hydrogen) atoms. The van der Waals surface area contributed by atoms with Crippen LogP contribution in [0.15, 0.2) is 47.2 Å². The summed E-state index contributed by atoms with van der Waals surface area (Å²) < 4.78 is 4.77. The number of nitrogens with one attached hydrogen (secondary N) is 1. The first kappa shape index (κ1) is 21.2. The second-order valence-electron chi connectivity index (χ2n) is 7.49. The van der Waals surface area contributed by atoms with Crippen molar-refractivity contribution in [1.82, 2.24) is 29.9 Å². The number of benzene rings is 1. The number of aromatic nitrogens is 5. The highest BCUT2D eigenvalue weighted by molar-refractivity contribution is 9.10. The lowest BCUT2D eigenvalue weighted by Gasteiger charge is -2.10. The van der Waals surface area contributed by atoms with E-state index in [-0.39, 0.29) is 5.91 Å². The Hall–Kier alpha value is -3.00. The van der Waals surface area contributed by atoms with E-state index in [1.165, 1.54) is 0 Å². The first-order valence-corrected chi connectivity index (χ1v) is 11.2. The molecule has 0 spiro atoms. The maximum absolute atomic E-state index is 13.1. The minimum Gasteiger partial charge on any atom is -0.352 e. The van der Waals surface area contributed by atoms with Crippen LogP contribution in [0.5, 0.6) is 0 Å². The molecule has 1 aromatic carbocycles. The van der Waals surface area contributed by atoms with Gasteiger partial charge in [0.2, 0.25) is 0 Å². The van der Waals surface area contributed by atoms with Gasteiger partial charge in [0.15, 0.2) is 0 Å². The molecule has 1 N–H and O–H groups in total. The number of halogens is 1. The Morgan fingerprint density at radius 1 is 1.10 bits per heavy atom. The largest absolute Gasteiger partial charge is 0.352 e. The molecule has 4 aromatic rings. The number of aryl methyl sites for hydroxylation is 4. The lowest BCUT2D eigenvalue weighted by atomic mass is 10.0. The van der Waals surface area contributed by atoms with Crippen LogP contribution in [0.2, 0.25) is 0 Å². The zero-order valence-corrected chi connectivity index (χ0v) is 19.5. The highest BCUT2D eigenvalue weighted by atomic mass is 79.9. The number of hydrogen-bond acceptors (Lipinski definition) is 4. The van der Waals surface area contributed by atoms with Gasteiger partial charge in [-0.1, -0.05) is 18.2 Å². The molecule has 3 heterocycles. The summed E-state index contributed by atoms with van der Waals surface area (Å²) in [6.45, 7) is 8.06. The number of rotatable bonds is 7. The van der Waals surface area contributed by atoms with Crippen LogP contribution in [0, 0.1) is 13.8 Å². The van der Waals surface area contributed by atoms with Crippen molar-refractivity contribution in [3.63, 3.8) is 0 Å². The number of fused-ring (bicyclic) bond motifs is 1. The van der Waals surface area contributed by atoms with Gasteiger partial charge in [0.25, 0.3) is 5.91 Å². The Bertz CT molecular complexity index is 1220. The fourth-order valence-electron chi connectivity index (χ4n) is 3.58. The van der Waals surface area contributed by atoms with E-state index >= 15 is 0 Å². The minimum absolute atomic E-state index is 0.0989. The fourth-order valence-corrected chi connectivity index (χ4v) is 3.89. The van der Waals surface area contributed by atoms with Crippen molar-refractivity contribution in [2.24, 2.45) is 0 Å². The standard InChI is InChI=1S/C23H25BrN6O/c1-4-29-13-19(15(2)27-29)22-12-18(17-8-5-6-9-21(17)26-22)23(31)25-10-7-11-30-14-20(24)16(3)28-30/h5-6,8-9,12-14H,4,7,10-11H2,1-3H3,(H,25,31). The summed E-state index contributed by atoms with van der Waals surface area (Å²) in [6, 6.07) is 9.61. The molecule has 0 aliphatic rings. The molecular weight excluding hydrogens is 456 g/mol. The third-order valence-corrected chi connectivity index (χ3v) is 6.02. The summed E-state index contributed by atoms with van der Waals surface area (Å²) in [5.74, 6) is -0.0989. The molecule has 0 unspecified atom stereocenters. The van der Waals surface area contributed by atoms with Crippen molar-refractivity contribution in [3.05, 3.63) is 64.1 Å². The average Bonchev–Trinajstić information content (AvgIpc) is 3.31. The molecular formula is C23H25BrN6O. The predicted molar refractivity (Wildman–Crippen MR) is 125 cm³/mol. The van der Waals surface area contributed by atoms with E-state index in [4.69, 9.17) is 4.98 Å². The quantitative estimate of drug-likeness (QED) is 0.394. The van der Waals surface area contributed by atoms with E-state index < -0.39 is 0 Å². The Morgan fingerprint density at radius 3 is 2.58 bits per heavy atom. The molecule has 7 nitrogen and oxygen atoms in total. The maximum Gasteiger partial charge on any atom is 0.252 e. The zero-order valence-electron chi connectivity index (χ0n) is 17.9. The lowest BCUT2D eigenvalue weighted by Crippen LogP contribution is -2.25. The molecule has 0 saturated heterocycles. The van der Waals surface area contributed by atoms with Crippen molar-refractivity contribution in [1.29, 1.82) is 0 Å². The molecule has 8 heteroatoms. The van der Waals surface area contributed by atoms with Gasteiger partial charge in [-0.2, -0.15) is 10.2 Å². The molecule has 4 rings (SSSR count). The van der Waals surface area contributed by atoms with Crippen LogP contribution in [0.4, 0.5) is 0 Å². The van der Waals surface area contributed by atoms with Crippen molar-refractivity contribution in [3.8, 4) is 11.3 Å². The lowest BCUT2D eigenvalue weighted by molar-refractivity contribution is 0.0954. The predicted octanol–water partition coefficient (Wildman–Crippen LogP) is 4.51. The van der Waals surface area contributed by atoms with Gasteiger partial charge in [0.1, 0.15) is 0 Å². The summed E-state index contributed by atoms with van der Waals surface area (Å²) in [7, 11) is 0.